The van der Waals surface area contributed by atoms with E-state index in [2.05, 4.69) is 29.8 Å². The summed E-state index contributed by atoms with van der Waals surface area (Å²) in [5.74, 6) is 1.05. The number of hydrogen-bond donors (Lipinski definition) is 1. The Balaban J connectivity index is 2.19. The zero-order valence-corrected chi connectivity index (χ0v) is 11.2. The lowest BCUT2D eigenvalue weighted by atomic mass is 9.77. The van der Waals surface area contributed by atoms with Gasteiger partial charge in [-0.25, -0.2) is 4.98 Å². The van der Waals surface area contributed by atoms with E-state index in [-0.39, 0.29) is 5.54 Å². The van der Waals surface area contributed by atoms with E-state index in [0.717, 1.165) is 24.2 Å². The van der Waals surface area contributed by atoms with Gasteiger partial charge in [-0.3, -0.25) is 0 Å². The third kappa shape index (κ3) is 1.65. The van der Waals surface area contributed by atoms with E-state index in [1.807, 2.05) is 6.92 Å². The summed E-state index contributed by atoms with van der Waals surface area (Å²) in [7, 11) is 2.07. The predicted octanol–water partition coefficient (Wildman–Crippen LogP) is 3.00. The number of aromatic nitrogens is 2. The molecule has 3 heteroatoms. The van der Waals surface area contributed by atoms with Crippen molar-refractivity contribution in [2.75, 3.05) is 0 Å². The summed E-state index contributed by atoms with van der Waals surface area (Å²) in [4.78, 5) is 4.72. The molecule has 3 nitrogen and oxygen atoms in total. The highest BCUT2D eigenvalue weighted by molar-refractivity contribution is 5.80. The summed E-state index contributed by atoms with van der Waals surface area (Å²) >= 11 is 0. The summed E-state index contributed by atoms with van der Waals surface area (Å²) in [6.07, 6.45) is 5.96. The molecule has 1 aliphatic rings. The van der Waals surface area contributed by atoms with Gasteiger partial charge < -0.3 is 10.3 Å². The number of benzene rings is 1. The molecule has 96 valence electrons. The molecule has 2 aromatic rings. The van der Waals surface area contributed by atoms with E-state index < -0.39 is 0 Å². The largest absolute Gasteiger partial charge is 0.331 e. The van der Waals surface area contributed by atoms with Crippen LogP contribution in [0.4, 0.5) is 0 Å². The smallest absolute Gasteiger partial charge is 0.106 e. The Kier molecular flexibility index (Phi) is 2.67. The second-order valence-electron chi connectivity index (χ2n) is 5.61. The van der Waals surface area contributed by atoms with Crippen molar-refractivity contribution in [2.24, 2.45) is 12.8 Å². The molecular weight excluding hydrogens is 222 g/mol. The third-order valence-electron chi connectivity index (χ3n) is 4.42. The molecule has 1 fully saturated rings. The Morgan fingerprint density at radius 1 is 1.22 bits per heavy atom. The minimum Gasteiger partial charge on any atom is -0.331 e. The number of aryl methyl sites for hydroxylation is 2. The van der Waals surface area contributed by atoms with Gasteiger partial charge in [0.1, 0.15) is 5.82 Å². The molecule has 0 radical (unpaired) electrons. The normalized spacial score (nSPS) is 19.3. The topological polar surface area (TPSA) is 43.8 Å². The quantitative estimate of drug-likeness (QED) is 0.836. The molecule has 1 aromatic heterocycles. The van der Waals surface area contributed by atoms with Crippen LogP contribution >= 0.6 is 0 Å². The van der Waals surface area contributed by atoms with Crippen LogP contribution in [0.2, 0.25) is 0 Å². The molecule has 0 spiro atoms. The molecule has 1 aromatic carbocycles. The summed E-state index contributed by atoms with van der Waals surface area (Å²) in [5.41, 5.74) is 10.0. The molecule has 0 bridgehead atoms. The molecule has 0 aliphatic heterocycles. The fourth-order valence-electron chi connectivity index (χ4n) is 3.18. The van der Waals surface area contributed by atoms with Gasteiger partial charge in [0.25, 0.3) is 0 Å². The first-order chi connectivity index (χ1) is 8.62. The first-order valence-electron chi connectivity index (χ1n) is 6.83. The first kappa shape index (κ1) is 11.7. The molecule has 0 unspecified atom stereocenters. The Bertz CT molecular complexity index is 577. The van der Waals surface area contributed by atoms with Crippen molar-refractivity contribution in [3.63, 3.8) is 0 Å². The van der Waals surface area contributed by atoms with Crippen molar-refractivity contribution in [1.29, 1.82) is 0 Å². The molecule has 18 heavy (non-hydrogen) atoms. The highest BCUT2D eigenvalue weighted by atomic mass is 15.1. The van der Waals surface area contributed by atoms with Crippen molar-refractivity contribution in [3.05, 3.63) is 29.6 Å². The van der Waals surface area contributed by atoms with Gasteiger partial charge in [-0.15, -0.1) is 0 Å². The van der Waals surface area contributed by atoms with Gasteiger partial charge in [0.05, 0.1) is 11.0 Å². The van der Waals surface area contributed by atoms with Crippen LogP contribution in [0, 0.1) is 6.92 Å². The molecule has 1 aliphatic carbocycles. The van der Waals surface area contributed by atoms with E-state index in [1.165, 1.54) is 30.3 Å². The van der Waals surface area contributed by atoms with Crippen LogP contribution < -0.4 is 5.73 Å². The molecule has 0 saturated heterocycles. The molecule has 0 amide bonds. The highest BCUT2D eigenvalue weighted by Crippen LogP contribution is 2.37. The number of imidazole rings is 1. The van der Waals surface area contributed by atoms with E-state index >= 15 is 0 Å². The maximum absolute atomic E-state index is 6.66. The number of fused-ring (bicyclic) bond motifs is 1. The van der Waals surface area contributed by atoms with E-state index in [1.54, 1.807) is 0 Å². The van der Waals surface area contributed by atoms with Crippen molar-refractivity contribution in [1.82, 2.24) is 9.55 Å². The molecule has 1 saturated carbocycles. The van der Waals surface area contributed by atoms with E-state index in [4.69, 9.17) is 10.7 Å². The van der Waals surface area contributed by atoms with Gasteiger partial charge in [0.2, 0.25) is 0 Å². The summed E-state index contributed by atoms with van der Waals surface area (Å²) in [5, 5.41) is 0. The summed E-state index contributed by atoms with van der Waals surface area (Å²) in [6, 6.07) is 6.41. The Hall–Kier alpha value is -1.35. The van der Waals surface area contributed by atoms with Crippen LogP contribution in [-0.2, 0) is 12.6 Å². The maximum atomic E-state index is 6.66. The molecule has 3 rings (SSSR count). The number of nitrogens with zero attached hydrogens (tertiary/aromatic N) is 2. The molecular formula is C15H21N3. The van der Waals surface area contributed by atoms with Gasteiger partial charge >= 0.3 is 0 Å². The van der Waals surface area contributed by atoms with Crippen LogP contribution in [-0.4, -0.2) is 9.55 Å². The van der Waals surface area contributed by atoms with Crippen LogP contribution in [0.1, 0.15) is 43.5 Å². The fraction of sp³-hybridized carbons (Fsp3) is 0.533. The lowest BCUT2D eigenvalue weighted by molar-refractivity contribution is 0.304. The number of rotatable bonds is 1. The minimum atomic E-state index is -0.168. The van der Waals surface area contributed by atoms with Crippen molar-refractivity contribution >= 4 is 11.0 Å². The number of para-hydroxylation sites is 1. The van der Waals surface area contributed by atoms with Crippen LogP contribution in [0.25, 0.3) is 11.0 Å². The maximum Gasteiger partial charge on any atom is 0.106 e. The first-order valence-corrected chi connectivity index (χ1v) is 6.83. The third-order valence-corrected chi connectivity index (χ3v) is 4.42. The molecule has 2 N–H and O–H groups in total. The zero-order chi connectivity index (χ0) is 12.8. The van der Waals surface area contributed by atoms with Gasteiger partial charge in [0.15, 0.2) is 0 Å². The van der Waals surface area contributed by atoms with Gasteiger partial charge in [-0.1, -0.05) is 31.4 Å². The van der Waals surface area contributed by atoms with Crippen molar-refractivity contribution in [3.8, 4) is 0 Å². The monoisotopic (exact) mass is 243 g/mol. The van der Waals surface area contributed by atoms with Crippen molar-refractivity contribution in [2.45, 2.75) is 44.6 Å². The lowest BCUT2D eigenvalue weighted by Crippen LogP contribution is -2.38. The Morgan fingerprint density at radius 2 is 1.94 bits per heavy atom. The van der Waals surface area contributed by atoms with Gasteiger partial charge in [-0.2, -0.15) is 0 Å². The van der Waals surface area contributed by atoms with Crippen LogP contribution in [0.3, 0.4) is 0 Å². The summed E-state index contributed by atoms with van der Waals surface area (Å²) < 4.78 is 2.14. The lowest BCUT2D eigenvalue weighted by Gasteiger charge is -2.34. The average Bonchev–Trinajstić information content (AvgIpc) is 2.66. The number of nitrogens with two attached hydrogens (primary N) is 1. The summed E-state index contributed by atoms with van der Waals surface area (Å²) in [6.45, 7) is 2.05. The average molecular weight is 243 g/mol. The van der Waals surface area contributed by atoms with Crippen LogP contribution in [0.15, 0.2) is 18.2 Å². The number of hydrogen-bond acceptors (Lipinski definition) is 2. The van der Waals surface area contributed by atoms with Crippen molar-refractivity contribution < 1.29 is 0 Å². The second-order valence-corrected chi connectivity index (χ2v) is 5.61. The fourth-order valence-corrected chi connectivity index (χ4v) is 3.18. The molecule has 0 atom stereocenters. The predicted molar refractivity (Wildman–Crippen MR) is 74.4 cm³/mol. The standard InChI is InChI=1S/C15H21N3/c1-11-17-14-12(7-6-8-13(14)18(11)2)15(16)9-4-3-5-10-15/h6-8H,3-5,9-10,16H2,1-2H3. The molecule has 1 heterocycles. The van der Waals surface area contributed by atoms with Gasteiger partial charge in [0, 0.05) is 12.6 Å². The Labute approximate surface area is 108 Å². The SMILES string of the molecule is Cc1nc2c(C3(N)CCCCC3)cccc2n1C. The van der Waals surface area contributed by atoms with Gasteiger partial charge in [-0.05, 0) is 31.4 Å². The highest BCUT2D eigenvalue weighted by Gasteiger charge is 2.31. The van der Waals surface area contributed by atoms with Crippen LogP contribution in [0.5, 0.6) is 0 Å². The van der Waals surface area contributed by atoms with E-state index in [9.17, 15) is 0 Å². The second kappa shape index (κ2) is 4.09. The minimum absolute atomic E-state index is 0.168. The van der Waals surface area contributed by atoms with E-state index in [0.29, 0.717) is 0 Å². The zero-order valence-electron chi connectivity index (χ0n) is 11.2. The Morgan fingerprint density at radius 3 is 2.67 bits per heavy atom.